The van der Waals surface area contributed by atoms with Gasteiger partial charge in [0.2, 0.25) is 0 Å². The van der Waals surface area contributed by atoms with Crippen molar-refractivity contribution < 1.29 is 0 Å². The highest BCUT2D eigenvalue weighted by molar-refractivity contribution is 5.89. The summed E-state index contributed by atoms with van der Waals surface area (Å²) in [6, 6.07) is 13.4. The van der Waals surface area contributed by atoms with E-state index in [0.29, 0.717) is 35.0 Å². The molecule has 0 aliphatic heterocycles. The first kappa shape index (κ1) is 19.1. The SMILES string of the molecule is N#Cc1cncc(-c2ccn3nc(-c4cncc(N)c4)nc(NCc4ccccn4)c23)c1. The van der Waals surface area contributed by atoms with Crippen molar-refractivity contribution in [3.05, 3.63) is 84.8 Å². The third-order valence-electron chi connectivity index (χ3n) is 4.87. The number of nitriles is 1. The van der Waals surface area contributed by atoms with Crippen LogP contribution in [0.15, 0.2) is 73.6 Å². The van der Waals surface area contributed by atoms with Gasteiger partial charge in [-0.05, 0) is 30.3 Å². The van der Waals surface area contributed by atoms with Crippen molar-refractivity contribution in [3.8, 4) is 28.6 Å². The zero-order valence-electron chi connectivity index (χ0n) is 16.8. The predicted octanol–water partition coefficient (Wildman–Crippen LogP) is 3.31. The number of pyridine rings is 3. The maximum atomic E-state index is 9.27. The van der Waals surface area contributed by atoms with E-state index in [1.165, 1.54) is 6.20 Å². The van der Waals surface area contributed by atoms with Crippen molar-refractivity contribution in [1.29, 1.82) is 5.26 Å². The monoisotopic (exact) mass is 419 g/mol. The Kier molecular flexibility index (Phi) is 4.86. The van der Waals surface area contributed by atoms with Gasteiger partial charge in [0.25, 0.3) is 0 Å². The Morgan fingerprint density at radius 2 is 1.91 bits per heavy atom. The van der Waals surface area contributed by atoms with Gasteiger partial charge in [-0.2, -0.15) is 5.26 Å². The molecule has 0 saturated heterocycles. The maximum Gasteiger partial charge on any atom is 0.183 e. The minimum absolute atomic E-state index is 0.475. The van der Waals surface area contributed by atoms with E-state index in [4.69, 9.17) is 10.7 Å². The standard InChI is InChI=1S/C23H17N9/c24-9-15-7-16(11-26-10-15)20-4-6-32-21(20)23(29-14-19-3-1-2-5-28-19)30-22(31-32)17-8-18(25)13-27-12-17/h1-8,10-13H,14,25H2,(H,29,30,31). The molecule has 0 amide bonds. The molecule has 0 aliphatic rings. The summed E-state index contributed by atoms with van der Waals surface area (Å²) in [7, 11) is 0. The van der Waals surface area contributed by atoms with Gasteiger partial charge in [-0.1, -0.05) is 6.07 Å². The fraction of sp³-hybridized carbons (Fsp3) is 0.0435. The van der Waals surface area contributed by atoms with Gasteiger partial charge in [0.15, 0.2) is 11.6 Å². The summed E-state index contributed by atoms with van der Waals surface area (Å²) in [5.41, 5.74) is 10.9. The second-order valence-corrected chi connectivity index (χ2v) is 7.06. The van der Waals surface area contributed by atoms with E-state index < -0.39 is 0 Å². The Balaban J connectivity index is 1.66. The molecule has 5 heterocycles. The third kappa shape index (κ3) is 3.68. The van der Waals surface area contributed by atoms with E-state index in [1.807, 2.05) is 30.5 Å². The zero-order chi connectivity index (χ0) is 21.9. The van der Waals surface area contributed by atoms with Crippen LogP contribution < -0.4 is 11.1 Å². The Labute approximate surface area is 183 Å². The molecule has 5 rings (SSSR count). The number of fused-ring (bicyclic) bond motifs is 1. The Morgan fingerprint density at radius 3 is 2.72 bits per heavy atom. The van der Waals surface area contributed by atoms with Gasteiger partial charge in [-0.25, -0.2) is 9.50 Å². The van der Waals surface area contributed by atoms with E-state index in [1.54, 1.807) is 41.4 Å². The summed E-state index contributed by atoms with van der Waals surface area (Å²) in [5.74, 6) is 1.09. The molecule has 3 N–H and O–H groups in total. The van der Waals surface area contributed by atoms with E-state index in [-0.39, 0.29) is 0 Å². The number of rotatable bonds is 5. The van der Waals surface area contributed by atoms with Crippen LogP contribution in [0.4, 0.5) is 11.5 Å². The zero-order valence-corrected chi connectivity index (χ0v) is 16.8. The number of anilines is 2. The number of nitrogens with two attached hydrogens (primary N) is 1. The Bertz CT molecular complexity index is 1450. The molecule has 5 aromatic heterocycles. The maximum absolute atomic E-state index is 9.27. The van der Waals surface area contributed by atoms with Gasteiger partial charge in [0.05, 0.1) is 23.5 Å². The van der Waals surface area contributed by atoms with Gasteiger partial charge in [0.1, 0.15) is 11.6 Å². The number of nitrogen functional groups attached to an aromatic ring is 1. The number of aromatic nitrogens is 6. The third-order valence-corrected chi connectivity index (χ3v) is 4.87. The van der Waals surface area contributed by atoms with E-state index >= 15 is 0 Å². The predicted molar refractivity (Wildman–Crippen MR) is 120 cm³/mol. The summed E-state index contributed by atoms with van der Waals surface area (Å²) >= 11 is 0. The molecule has 0 radical (unpaired) electrons. The lowest BCUT2D eigenvalue weighted by Crippen LogP contribution is -2.08. The smallest absolute Gasteiger partial charge is 0.183 e. The molecule has 9 heteroatoms. The fourth-order valence-electron chi connectivity index (χ4n) is 3.41. The number of nitrogens with one attached hydrogen (secondary N) is 1. The van der Waals surface area contributed by atoms with Crippen molar-refractivity contribution in [1.82, 2.24) is 29.5 Å². The topological polar surface area (TPSA) is 131 Å². The fourth-order valence-corrected chi connectivity index (χ4v) is 3.41. The van der Waals surface area contributed by atoms with Gasteiger partial charge >= 0.3 is 0 Å². The molecule has 0 atom stereocenters. The summed E-state index contributed by atoms with van der Waals surface area (Å²) in [6.07, 6.45) is 10.1. The van der Waals surface area contributed by atoms with Crippen molar-refractivity contribution >= 4 is 17.0 Å². The first-order valence-corrected chi connectivity index (χ1v) is 9.81. The quantitative estimate of drug-likeness (QED) is 0.444. The van der Waals surface area contributed by atoms with E-state index in [2.05, 4.69) is 31.4 Å². The molecule has 0 aromatic carbocycles. The molecule has 9 nitrogen and oxygen atoms in total. The summed E-state index contributed by atoms with van der Waals surface area (Å²) in [4.78, 5) is 17.5. The van der Waals surface area contributed by atoms with Crippen LogP contribution in [-0.2, 0) is 6.54 Å². The largest absolute Gasteiger partial charge is 0.397 e. The molecule has 154 valence electrons. The van der Waals surface area contributed by atoms with Crippen LogP contribution in [0, 0.1) is 11.3 Å². The highest BCUT2D eigenvalue weighted by atomic mass is 15.3. The number of hydrogen-bond acceptors (Lipinski definition) is 8. The Morgan fingerprint density at radius 1 is 1.03 bits per heavy atom. The molecular formula is C23H17N9. The molecule has 0 aliphatic carbocycles. The van der Waals surface area contributed by atoms with Crippen molar-refractivity contribution in [3.63, 3.8) is 0 Å². The van der Waals surface area contributed by atoms with Crippen molar-refractivity contribution in [2.75, 3.05) is 11.1 Å². The lowest BCUT2D eigenvalue weighted by molar-refractivity contribution is 0.906. The van der Waals surface area contributed by atoms with Crippen LogP contribution in [0.2, 0.25) is 0 Å². The minimum Gasteiger partial charge on any atom is -0.397 e. The average Bonchev–Trinajstić information content (AvgIpc) is 3.27. The van der Waals surface area contributed by atoms with Gasteiger partial charge in [-0.15, -0.1) is 5.10 Å². The summed E-state index contributed by atoms with van der Waals surface area (Å²) in [6.45, 7) is 0.475. The van der Waals surface area contributed by atoms with Crippen LogP contribution in [0.1, 0.15) is 11.3 Å². The lowest BCUT2D eigenvalue weighted by atomic mass is 10.1. The lowest BCUT2D eigenvalue weighted by Gasteiger charge is -2.11. The van der Waals surface area contributed by atoms with Gasteiger partial charge < -0.3 is 11.1 Å². The molecule has 32 heavy (non-hydrogen) atoms. The van der Waals surface area contributed by atoms with Crippen LogP contribution in [-0.4, -0.2) is 29.5 Å². The highest BCUT2D eigenvalue weighted by Crippen LogP contribution is 2.31. The van der Waals surface area contributed by atoms with Crippen LogP contribution in [0.25, 0.3) is 28.0 Å². The second-order valence-electron chi connectivity index (χ2n) is 7.06. The summed E-state index contributed by atoms with van der Waals surface area (Å²) in [5, 5.41) is 17.3. The minimum atomic E-state index is 0.475. The van der Waals surface area contributed by atoms with Gasteiger partial charge in [0, 0.05) is 53.9 Å². The molecule has 0 saturated carbocycles. The van der Waals surface area contributed by atoms with Crippen LogP contribution in [0.3, 0.4) is 0 Å². The highest BCUT2D eigenvalue weighted by Gasteiger charge is 2.16. The normalized spacial score (nSPS) is 10.7. The first-order valence-electron chi connectivity index (χ1n) is 9.81. The molecule has 5 aromatic rings. The molecule has 0 bridgehead atoms. The Hall–Kier alpha value is -4.84. The molecular weight excluding hydrogens is 402 g/mol. The van der Waals surface area contributed by atoms with E-state index in [9.17, 15) is 5.26 Å². The molecule has 0 spiro atoms. The number of nitrogens with zero attached hydrogens (tertiary/aromatic N) is 7. The second kappa shape index (κ2) is 8.12. The van der Waals surface area contributed by atoms with Crippen LogP contribution in [0.5, 0.6) is 0 Å². The average molecular weight is 419 g/mol. The molecule has 0 unspecified atom stereocenters. The van der Waals surface area contributed by atoms with Crippen molar-refractivity contribution in [2.45, 2.75) is 6.54 Å². The summed E-state index contributed by atoms with van der Waals surface area (Å²) < 4.78 is 1.75. The van der Waals surface area contributed by atoms with Gasteiger partial charge in [-0.3, -0.25) is 15.0 Å². The molecule has 0 fully saturated rings. The van der Waals surface area contributed by atoms with Crippen molar-refractivity contribution in [2.24, 2.45) is 0 Å². The number of hydrogen-bond donors (Lipinski definition) is 2. The first-order chi connectivity index (χ1) is 15.7. The van der Waals surface area contributed by atoms with E-state index in [0.717, 1.165) is 22.3 Å². The van der Waals surface area contributed by atoms with Crippen LogP contribution >= 0.6 is 0 Å².